The summed E-state index contributed by atoms with van der Waals surface area (Å²) in [5.41, 5.74) is 1.75. The monoisotopic (exact) mass is 463 g/mol. The summed E-state index contributed by atoms with van der Waals surface area (Å²) in [6, 6.07) is 17.3. The van der Waals surface area contributed by atoms with E-state index in [0.717, 1.165) is 30.5 Å². The average Bonchev–Trinajstić information content (AvgIpc) is 3.24. The number of benzene rings is 2. The van der Waals surface area contributed by atoms with Crippen molar-refractivity contribution in [3.8, 4) is 5.75 Å². The second kappa shape index (κ2) is 10.7. The number of anilines is 1. The van der Waals surface area contributed by atoms with Crippen molar-refractivity contribution >= 4 is 23.4 Å². The Kier molecular flexibility index (Phi) is 7.50. The molecule has 7 nitrogen and oxygen atoms in total. The van der Waals surface area contributed by atoms with E-state index in [1.165, 1.54) is 0 Å². The fourth-order valence-electron chi connectivity index (χ4n) is 4.92. The highest BCUT2D eigenvalue weighted by Gasteiger charge is 2.35. The molecule has 0 spiro atoms. The van der Waals surface area contributed by atoms with Gasteiger partial charge in [0.1, 0.15) is 5.75 Å². The quantitative estimate of drug-likeness (QED) is 0.682. The van der Waals surface area contributed by atoms with E-state index in [-0.39, 0.29) is 48.8 Å². The molecule has 3 atom stereocenters. The minimum absolute atomic E-state index is 0.000329. The molecule has 2 aromatic carbocycles. The summed E-state index contributed by atoms with van der Waals surface area (Å²) in [6.45, 7) is 4.97. The molecule has 2 heterocycles. The summed E-state index contributed by atoms with van der Waals surface area (Å²) in [4.78, 5) is 41.4. The Balaban J connectivity index is 1.29. The molecule has 7 heteroatoms. The van der Waals surface area contributed by atoms with Crippen molar-refractivity contribution in [1.29, 1.82) is 0 Å². The first-order valence-corrected chi connectivity index (χ1v) is 12.1. The maximum atomic E-state index is 12.7. The molecule has 2 aliphatic heterocycles. The van der Waals surface area contributed by atoms with E-state index in [9.17, 15) is 14.4 Å². The molecule has 2 saturated heterocycles. The van der Waals surface area contributed by atoms with E-state index in [1.54, 1.807) is 29.2 Å². The second-order valence-corrected chi connectivity index (χ2v) is 9.32. The molecule has 0 aliphatic carbocycles. The molecular weight excluding hydrogens is 430 g/mol. The van der Waals surface area contributed by atoms with Gasteiger partial charge in [0.15, 0.2) is 6.61 Å². The summed E-state index contributed by atoms with van der Waals surface area (Å²) in [7, 11) is 0. The van der Waals surface area contributed by atoms with E-state index in [0.29, 0.717) is 18.8 Å². The summed E-state index contributed by atoms with van der Waals surface area (Å²) >= 11 is 0. The van der Waals surface area contributed by atoms with Gasteiger partial charge in [0, 0.05) is 37.3 Å². The number of ether oxygens (including phenoxy) is 1. The highest BCUT2D eigenvalue weighted by Crippen LogP contribution is 2.27. The van der Waals surface area contributed by atoms with Gasteiger partial charge in [0.2, 0.25) is 11.8 Å². The maximum Gasteiger partial charge on any atom is 0.260 e. The Morgan fingerprint density at radius 1 is 1.00 bits per heavy atom. The molecule has 180 valence electrons. The molecule has 0 bridgehead atoms. The number of nitrogens with one attached hydrogen (secondary N) is 1. The topological polar surface area (TPSA) is 79.0 Å². The SMILES string of the molecule is C[C@@H]1CCC[C@@H](C)N1C(=O)COc1ccc(N2C[C@H](C(=O)NCc3ccccc3)CC2=O)cc1. The predicted octanol–water partition coefficient (Wildman–Crippen LogP) is 3.52. The second-order valence-electron chi connectivity index (χ2n) is 9.32. The van der Waals surface area contributed by atoms with Crippen LogP contribution in [0.1, 0.15) is 45.1 Å². The molecule has 4 rings (SSSR count). The zero-order valence-electron chi connectivity index (χ0n) is 19.9. The van der Waals surface area contributed by atoms with E-state index >= 15 is 0 Å². The molecule has 2 aliphatic rings. The first-order chi connectivity index (χ1) is 16.4. The van der Waals surface area contributed by atoms with Crippen LogP contribution >= 0.6 is 0 Å². The van der Waals surface area contributed by atoms with Crippen molar-refractivity contribution in [2.24, 2.45) is 5.92 Å². The van der Waals surface area contributed by atoms with Gasteiger partial charge in [-0.2, -0.15) is 0 Å². The Labute approximate surface area is 201 Å². The minimum Gasteiger partial charge on any atom is -0.484 e. The lowest BCUT2D eigenvalue weighted by atomic mass is 9.97. The highest BCUT2D eigenvalue weighted by atomic mass is 16.5. The number of carbonyl (C=O) groups is 3. The first-order valence-electron chi connectivity index (χ1n) is 12.1. The third-order valence-electron chi connectivity index (χ3n) is 6.80. The Morgan fingerprint density at radius 2 is 1.68 bits per heavy atom. The number of carbonyl (C=O) groups excluding carboxylic acids is 3. The fraction of sp³-hybridized carbons (Fsp3) is 0.444. The van der Waals surface area contributed by atoms with Crippen molar-refractivity contribution in [3.63, 3.8) is 0 Å². The summed E-state index contributed by atoms with van der Waals surface area (Å²) in [6.07, 6.45) is 3.40. The van der Waals surface area contributed by atoms with Gasteiger partial charge in [-0.1, -0.05) is 30.3 Å². The van der Waals surface area contributed by atoms with Crippen LogP contribution in [0.2, 0.25) is 0 Å². The Morgan fingerprint density at radius 3 is 2.35 bits per heavy atom. The Bertz CT molecular complexity index is 998. The molecule has 0 aromatic heterocycles. The highest BCUT2D eigenvalue weighted by molar-refractivity contribution is 6.00. The minimum atomic E-state index is -0.377. The fourth-order valence-corrected chi connectivity index (χ4v) is 4.92. The van der Waals surface area contributed by atoms with Gasteiger partial charge in [-0.25, -0.2) is 0 Å². The lowest BCUT2D eigenvalue weighted by Gasteiger charge is -2.38. The number of nitrogens with zero attached hydrogens (tertiary/aromatic N) is 2. The molecule has 2 aromatic rings. The normalized spacial score (nSPS) is 22.5. The van der Waals surface area contributed by atoms with Gasteiger partial charge in [0.25, 0.3) is 5.91 Å². The number of hydrogen-bond acceptors (Lipinski definition) is 4. The van der Waals surface area contributed by atoms with Crippen molar-refractivity contribution in [3.05, 3.63) is 60.2 Å². The van der Waals surface area contributed by atoms with Crippen molar-refractivity contribution in [2.45, 2.75) is 58.2 Å². The number of amides is 3. The molecule has 0 radical (unpaired) electrons. The maximum absolute atomic E-state index is 12.7. The third-order valence-corrected chi connectivity index (χ3v) is 6.80. The lowest BCUT2D eigenvalue weighted by Crippen LogP contribution is -2.49. The van der Waals surface area contributed by atoms with E-state index < -0.39 is 0 Å². The molecule has 2 fully saturated rings. The largest absolute Gasteiger partial charge is 0.484 e. The van der Waals surface area contributed by atoms with Crippen LogP contribution in [0.25, 0.3) is 0 Å². The van der Waals surface area contributed by atoms with E-state index in [1.807, 2.05) is 35.2 Å². The predicted molar refractivity (Wildman–Crippen MR) is 130 cm³/mol. The van der Waals surface area contributed by atoms with Crippen molar-refractivity contribution in [1.82, 2.24) is 10.2 Å². The molecule has 1 N–H and O–H groups in total. The van der Waals surface area contributed by atoms with Crippen molar-refractivity contribution in [2.75, 3.05) is 18.1 Å². The van der Waals surface area contributed by atoms with Crippen LogP contribution in [0.4, 0.5) is 5.69 Å². The van der Waals surface area contributed by atoms with Gasteiger partial charge in [-0.15, -0.1) is 0 Å². The van der Waals surface area contributed by atoms with Gasteiger partial charge in [-0.05, 0) is 62.9 Å². The van der Waals surface area contributed by atoms with Crippen LogP contribution in [-0.2, 0) is 20.9 Å². The number of hydrogen-bond donors (Lipinski definition) is 1. The zero-order chi connectivity index (χ0) is 24.1. The summed E-state index contributed by atoms with van der Waals surface area (Å²) in [5.74, 6) is 0.0236. The smallest absolute Gasteiger partial charge is 0.260 e. The number of rotatable bonds is 7. The van der Waals surface area contributed by atoms with Crippen LogP contribution in [-0.4, -0.2) is 47.9 Å². The zero-order valence-corrected chi connectivity index (χ0v) is 19.9. The lowest BCUT2D eigenvalue weighted by molar-refractivity contribution is -0.139. The van der Waals surface area contributed by atoms with Crippen LogP contribution in [0, 0.1) is 5.92 Å². The summed E-state index contributed by atoms with van der Waals surface area (Å²) < 4.78 is 5.74. The van der Waals surface area contributed by atoms with Crippen LogP contribution in [0.5, 0.6) is 5.75 Å². The Hall–Kier alpha value is -3.35. The van der Waals surface area contributed by atoms with Gasteiger partial charge < -0.3 is 19.9 Å². The molecule has 34 heavy (non-hydrogen) atoms. The van der Waals surface area contributed by atoms with E-state index in [2.05, 4.69) is 19.2 Å². The molecular formula is C27H33N3O4. The summed E-state index contributed by atoms with van der Waals surface area (Å²) in [5, 5.41) is 2.93. The molecule has 0 unspecified atom stereocenters. The van der Waals surface area contributed by atoms with Crippen LogP contribution in [0.3, 0.4) is 0 Å². The van der Waals surface area contributed by atoms with Crippen LogP contribution in [0.15, 0.2) is 54.6 Å². The standard InChI is InChI=1S/C27H33N3O4/c1-19-7-6-8-20(2)30(19)26(32)18-34-24-13-11-23(12-14-24)29-17-22(15-25(29)31)27(33)28-16-21-9-4-3-5-10-21/h3-5,9-14,19-20,22H,6-8,15-18H2,1-2H3,(H,28,33)/t19-,20-,22-/m1/s1. The van der Waals surface area contributed by atoms with Crippen LogP contribution < -0.4 is 15.0 Å². The van der Waals surface area contributed by atoms with Gasteiger partial charge in [-0.3, -0.25) is 14.4 Å². The van der Waals surface area contributed by atoms with Gasteiger partial charge >= 0.3 is 0 Å². The van der Waals surface area contributed by atoms with Gasteiger partial charge in [0.05, 0.1) is 5.92 Å². The number of piperidine rings is 1. The van der Waals surface area contributed by atoms with Crippen molar-refractivity contribution < 1.29 is 19.1 Å². The third kappa shape index (κ3) is 5.58. The molecule has 3 amide bonds. The number of likely N-dealkylation sites (tertiary alicyclic amines) is 1. The first kappa shape index (κ1) is 23.8. The average molecular weight is 464 g/mol. The van der Waals surface area contributed by atoms with E-state index in [4.69, 9.17) is 4.74 Å². The molecule has 0 saturated carbocycles.